The van der Waals surface area contributed by atoms with Crippen LogP contribution in [0.15, 0.2) is 12.4 Å². The van der Waals surface area contributed by atoms with Crippen molar-refractivity contribution in [1.82, 2.24) is 15.3 Å². The molecule has 1 aromatic rings. The largest absolute Gasteiger partial charge is 0.309 e. The van der Waals surface area contributed by atoms with Gasteiger partial charge in [-0.25, -0.2) is 0 Å². The first kappa shape index (κ1) is 17.1. The minimum absolute atomic E-state index is 0.370. The monoisotopic (exact) mass is 277 g/mol. The van der Waals surface area contributed by atoms with Gasteiger partial charge in [0.05, 0.1) is 23.6 Å². The lowest BCUT2D eigenvalue weighted by Gasteiger charge is -2.17. The molecule has 1 aromatic heterocycles. The predicted molar refractivity (Wildman–Crippen MR) is 85.8 cm³/mol. The maximum absolute atomic E-state index is 4.53. The van der Waals surface area contributed by atoms with Gasteiger partial charge in [-0.3, -0.25) is 9.97 Å². The molecule has 0 radical (unpaired) electrons. The van der Waals surface area contributed by atoms with E-state index in [1.54, 1.807) is 0 Å². The predicted octanol–water partition coefficient (Wildman–Crippen LogP) is 4.58. The molecule has 0 aliphatic heterocycles. The van der Waals surface area contributed by atoms with E-state index in [1.165, 1.54) is 44.9 Å². The van der Waals surface area contributed by atoms with Crippen LogP contribution >= 0.6 is 0 Å². The van der Waals surface area contributed by atoms with Crippen LogP contribution in [0.1, 0.15) is 82.6 Å². The van der Waals surface area contributed by atoms with Crippen LogP contribution < -0.4 is 5.32 Å². The third kappa shape index (κ3) is 6.99. The third-order valence-corrected chi connectivity index (χ3v) is 3.65. The van der Waals surface area contributed by atoms with Crippen molar-refractivity contribution in [3.8, 4) is 0 Å². The second kappa shape index (κ2) is 10.8. The quantitative estimate of drug-likeness (QED) is 0.602. The van der Waals surface area contributed by atoms with E-state index in [9.17, 15) is 0 Å². The number of hydrogen-bond acceptors (Lipinski definition) is 3. The van der Waals surface area contributed by atoms with E-state index in [1.807, 2.05) is 19.3 Å². The summed E-state index contributed by atoms with van der Waals surface area (Å²) in [7, 11) is 0. The molecular formula is C17H31N3. The molecule has 3 nitrogen and oxygen atoms in total. The highest BCUT2D eigenvalue weighted by Gasteiger charge is 2.11. The summed E-state index contributed by atoms with van der Waals surface area (Å²) in [5.41, 5.74) is 2.08. The minimum atomic E-state index is 0.370. The molecular weight excluding hydrogens is 246 g/mol. The van der Waals surface area contributed by atoms with Crippen molar-refractivity contribution in [3.63, 3.8) is 0 Å². The van der Waals surface area contributed by atoms with Gasteiger partial charge in [-0.1, -0.05) is 52.4 Å². The van der Waals surface area contributed by atoms with Crippen LogP contribution in [0.2, 0.25) is 0 Å². The van der Waals surface area contributed by atoms with Crippen molar-refractivity contribution < 1.29 is 0 Å². The summed E-state index contributed by atoms with van der Waals surface area (Å²) in [4.78, 5) is 8.91. The van der Waals surface area contributed by atoms with Crippen molar-refractivity contribution in [2.24, 2.45) is 0 Å². The number of unbranched alkanes of at least 4 members (excludes halogenated alkanes) is 5. The lowest BCUT2D eigenvalue weighted by Crippen LogP contribution is -2.23. The molecule has 1 atom stereocenters. The van der Waals surface area contributed by atoms with Gasteiger partial charge in [0.15, 0.2) is 0 Å². The van der Waals surface area contributed by atoms with E-state index in [0.29, 0.717) is 6.04 Å². The van der Waals surface area contributed by atoms with Gasteiger partial charge in [-0.15, -0.1) is 0 Å². The highest BCUT2D eigenvalue weighted by molar-refractivity contribution is 5.05. The average molecular weight is 277 g/mol. The van der Waals surface area contributed by atoms with Crippen molar-refractivity contribution in [1.29, 1.82) is 0 Å². The van der Waals surface area contributed by atoms with Crippen LogP contribution in [0.3, 0.4) is 0 Å². The average Bonchev–Trinajstić information content (AvgIpc) is 2.47. The summed E-state index contributed by atoms with van der Waals surface area (Å²) in [6, 6.07) is 0.370. The van der Waals surface area contributed by atoms with Gasteiger partial charge < -0.3 is 5.32 Å². The Labute approximate surface area is 124 Å². The first-order chi connectivity index (χ1) is 9.77. The number of nitrogens with one attached hydrogen (secondary N) is 1. The third-order valence-electron chi connectivity index (χ3n) is 3.65. The molecule has 1 heterocycles. The van der Waals surface area contributed by atoms with Gasteiger partial charge in [0.2, 0.25) is 0 Å². The fourth-order valence-electron chi connectivity index (χ4n) is 2.38. The lowest BCUT2D eigenvalue weighted by molar-refractivity contribution is 0.457. The molecule has 0 aromatic carbocycles. The van der Waals surface area contributed by atoms with Gasteiger partial charge in [0.1, 0.15) is 0 Å². The Kier molecular flexibility index (Phi) is 9.22. The zero-order valence-corrected chi connectivity index (χ0v) is 13.5. The first-order valence-electron chi connectivity index (χ1n) is 8.29. The number of hydrogen-bond donors (Lipinski definition) is 1. The van der Waals surface area contributed by atoms with Crippen molar-refractivity contribution in [3.05, 3.63) is 23.8 Å². The Bertz CT molecular complexity index is 335. The second-order valence-electron chi connectivity index (χ2n) is 5.65. The summed E-state index contributed by atoms with van der Waals surface area (Å²) >= 11 is 0. The van der Waals surface area contributed by atoms with Crippen LogP contribution in [-0.4, -0.2) is 16.5 Å². The van der Waals surface area contributed by atoms with E-state index in [-0.39, 0.29) is 0 Å². The van der Waals surface area contributed by atoms with E-state index in [2.05, 4.69) is 29.1 Å². The number of aryl methyl sites for hydroxylation is 1. The molecule has 1 rings (SSSR count). The maximum Gasteiger partial charge on any atom is 0.0756 e. The van der Waals surface area contributed by atoms with Gasteiger partial charge in [-0.2, -0.15) is 0 Å². The van der Waals surface area contributed by atoms with Gasteiger partial charge in [0, 0.05) is 6.20 Å². The highest BCUT2D eigenvalue weighted by Crippen LogP contribution is 2.18. The molecule has 0 spiro atoms. The Hall–Kier alpha value is -0.960. The van der Waals surface area contributed by atoms with Crippen molar-refractivity contribution >= 4 is 0 Å². The zero-order valence-electron chi connectivity index (χ0n) is 13.5. The molecule has 3 heteroatoms. The molecule has 114 valence electrons. The molecule has 0 aliphatic rings. The van der Waals surface area contributed by atoms with E-state index < -0.39 is 0 Å². The second-order valence-corrected chi connectivity index (χ2v) is 5.65. The van der Waals surface area contributed by atoms with Crippen molar-refractivity contribution in [2.45, 2.75) is 78.2 Å². The molecule has 1 unspecified atom stereocenters. The van der Waals surface area contributed by atoms with Crippen LogP contribution in [0.4, 0.5) is 0 Å². The number of nitrogens with zero attached hydrogens (tertiary/aromatic N) is 2. The first-order valence-corrected chi connectivity index (χ1v) is 8.29. The lowest BCUT2D eigenvalue weighted by atomic mass is 10.0. The summed E-state index contributed by atoms with van der Waals surface area (Å²) in [6.45, 7) is 7.51. The Balaban J connectivity index is 2.37. The standard InChI is InChI=1S/C17H31N3/c1-4-6-7-8-9-10-11-16(18-12-5-2)17-14-19-15(3)13-20-17/h13-14,16,18H,4-12H2,1-3H3. The molecule has 0 fully saturated rings. The fourth-order valence-corrected chi connectivity index (χ4v) is 2.38. The topological polar surface area (TPSA) is 37.8 Å². The maximum atomic E-state index is 4.53. The molecule has 0 saturated carbocycles. The molecule has 0 amide bonds. The Morgan fingerprint density at radius 2 is 1.70 bits per heavy atom. The van der Waals surface area contributed by atoms with Gasteiger partial charge in [-0.05, 0) is 26.3 Å². The summed E-state index contributed by atoms with van der Waals surface area (Å²) in [6.07, 6.45) is 14.2. The van der Waals surface area contributed by atoms with Crippen molar-refractivity contribution in [2.75, 3.05) is 6.54 Å². The number of rotatable bonds is 11. The summed E-state index contributed by atoms with van der Waals surface area (Å²) in [5.74, 6) is 0. The summed E-state index contributed by atoms with van der Waals surface area (Å²) in [5, 5.41) is 3.60. The zero-order chi connectivity index (χ0) is 14.6. The van der Waals surface area contributed by atoms with Crippen LogP contribution in [-0.2, 0) is 0 Å². The molecule has 20 heavy (non-hydrogen) atoms. The highest BCUT2D eigenvalue weighted by atomic mass is 14.9. The van der Waals surface area contributed by atoms with E-state index >= 15 is 0 Å². The normalized spacial score (nSPS) is 12.6. The molecule has 0 saturated heterocycles. The van der Waals surface area contributed by atoms with Gasteiger partial charge >= 0.3 is 0 Å². The van der Waals surface area contributed by atoms with E-state index in [4.69, 9.17) is 0 Å². The fraction of sp³-hybridized carbons (Fsp3) is 0.765. The van der Waals surface area contributed by atoms with Crippen LogP contribution in [0.5, 0.6) is 0 Å². The molecule has 1 N–H and O–H groups in total. The number of aromatic nitrogens is 2. The molecule has 0 aliphatic carbocycles. The minimum Gasteiger partial charge on any atom is -0.309 e. The van der Waals surface area contributed by atoms with Gasteiger partial charge in [0.25, 0.3) is 0 Å². The van der Waals surface area contributed by atoms with Crippen LogP contribution in [0.25, 0.3) is 0 Å². The Morgan fingerprint density at radius 1 is 0.950 bits per heavy atom. The van der Waals surface area contributed by atoms with E-state index in [0.717, 1.165) is 24.4 Å². The Morgan fingerprint density at radius 3 is 2.35 bits per heavy atom. The molecule has 0 bridgehead atoms. The van der Waals surface area contributed by atoms with Crippen LogP contribution in [0, 0.1) is 6.92 Å². The summed E-state index contributed by atoms with van der Waals surface area (Å²) < 4.78 is 0. The smallest absolute Gasteiger partial charge is 0.0756 e. The SMILES string of the molecule is CCCCCCCCC(NCCC)c1cnc(C)cn1.